The summed E-state index contributed by atoms with van der Waals surface area (Å²) < 4.78 is 4.59. The first-order chi connectivity index (χ1) is 7.70. The molecule has 0 aliphatic carbocycles. The van der Waals surface area contributed by atoms with Gasteiger partial charge in [-0.15, -0.1) is 0 Å². The molecule has 4 nitrogen and oxygen atoms in total. The van der Waals surface area contributed by atoms with Crippen molar-refractivity contribution < 1.29 is 14.6 Å². The maximum absolute atomic E-state index is 11.2. The Balaban J connectivity index is 2.35. The van der Waals surface area contributed by atoms with Gasteiger partial charge in [-0.3, -0.25) is 0 Å². The van der Waals surface area contributed by atoms with Crippen LogP contribution in [0.15, 0.2) is 36.4 Å². The van der Waals surface area contributed by atoms with E-state index in [2.05, 4.69) is 9.72 Å². The van der Waals surface area contributed by atoms with E-state index in [1.165, 1.54) is 7.11 Å². The molecule has 1 aromatic carbocycles. The second-order valence-corrected chi connectivity index (χ2v) is 3.33. The number of esters is 1. The number of phenolic OH excluding ortho intramolecular Hbond substituents is 1. The summed E-state index contributed by atoms with van der Waals surface area (Å²) in [6.07, 6.45) is 0. The molecule has 0 saturated heterocycles. The van der Waals surface area contributed by atoms with Crippen LogP contribution in [0.5, 0.6) is 5.75 Å². The van der Waals surface area contributed by atoms with E-state index in [9.17, 15) is 9.90 Å². The number of nitrogens with one attached hydrogen (secondary N) is 1. The van der Waals surface area contributed by atoms with Gasteiger partial charge in [0.05, 0.1) is 7.11 Å². The predicted molar refractivity (Wildman–Crippen MR) is 59.2 cm³/mol. The monoisotopic (exact) mass is 217 g/mol. The first kappa shape index (κ1) is 10.3. The third-order valence-electron chi connectivity index (χ3n) is 2.25. The average molecular weight is 217 g/mol. The molecule has 1 aromatic heterocycles. The van der Waals surface area contributed by atoms with Gasteiger partial charge in [0.2, 0.25) is 0 Å². The zero-order valence-electron chi connectivity index (χ0n) is 8.73. The number of hydrogen-bond donors (Lipinski definition) is 2. The van der Waals surface area contributed by atoms with Crippen LogP contribution >= 0.6 is 0 Å². The van der Waals surface area contributed by atoms with Crippen molar-refractivity contribution in [3.63, 3.8) is 0 Å². The van der Waals surface area contributed by atoms with Crippen molar-refractivity contribution >= 4 is 5.97 Å². The number of rotatable bonds is 2. The third kappa shape index (κ3) is 1.91. The van der Waals surface area contributed by atoms with Gasteiger partial charge in [0.1, 0.15) is 11.4 Å². The Bertz CT molecular complexity index is 516. The topological polar surface area (TPSA) is 62.3 Å². The zero-order valence-corrected chi connectivity index (χ0v) is 8.73. The van der Waals surface area contributed by atoms with E-state index < -0.39 is 5.97 Å². The Kier molecular flexibility index (Phi) is 2.64. The second-order valence-electron chi connectivity index (χ2n) is 3.33. The number of ether oxygens (including phenoxy) is 1. The van der Waals surface area contributed by atoms with Gasteiger partial charge in [0.25, 0.3) is 0 Å². The highest BCUT2D eigenvalue weighted by Gasteiger charge is 2.08. The van der Waals surface area contributed by atoms with E-state index in [1.807, 2.05) is 6.07 Å². The van der Waals surface area contributed by atoms with Crippen molar-refractivity contribution in [3.8, 4) is 17.0 Å². The largest absolute Gasteiger partial charge is 0.508 e. The molecular formula is C12H11NO3. The Morgan fingerprint density at radius 3 is 2.81 bits per heavy atom. The van der Waals surface area contributed by atoms with Crippen molar-refractivity contribution in [2.45, 2.75) is 0 Å². The molecule has 0 aliphatic heterocycles. The summed E-state index contributed by atoms with van der Waals surface area (Å²) in [5, 5.41) is 9.33. The highest BCUT2D eigenvalue weighted by atomic mass is 16.5. The molecule has 2 N–H and O–H groups in total. The minimum atomic E-state index is -0.411. The van der Waals surface area contributed by atoms with E-state index in [0.717, 1.165) is 11.3 Å². The smallest absolute Gasteiger partial charge is 0.354 e. The average Bonchev–Trinajstić information content (AvgIpc) is 2.77. The number of benzene rings is 1. The van der Waals surface area contributed by atoms with Crippen molar-refractivity contribution in [2.75, 3.05) is 7.11 Å². The van der Waals surface area contributed by atoms with Crippen LogP contribution in [0.4, 0.5) is 0 Å². The van der Waals surface area contributed by atoms with Gasteiger partial charge in [-0.25, -0.2) is 4.79 Å². The maximum atomic E-state index is 11.2. The number of aromatic amines is 1. The summed E-state index contributed by atoms with van der Waals surface area (Å²) >= 11 is 0. The van der Waals surface area contributed by atoms with Crippen LogP contribution < -0.4 is 0 Å². The van der Waals surface area contributed by atoms with Gasteiger partial charge in [-0.2, -0.15) is 0 Å². The molecular weight excluding hydrogens is 206 g/mol. The summed E-state index contributed by atoms with van der Waals surface area (Å²) in [4.78, 5) is 14.1. The third-order valence-corrected chi connectivity index (χ3v) is 2.25. The van der Waals surface area contributed by atoms with Crippen LogP contribution in [-0.4, -0.2) is 23.2 Å². The van der Waals surface area contributed by atoms with Crippen molar-refractivity contribution in [1.29, 1.82) is 0 Å². The molecule has 0 saturated carbocycles. The van der Waals surface area contributed by atoms with Crippen LogP contribution in [0.1, 0.15) is 10.5 Å². The number of methoxy groups -OCH3 is 1. The summed E-state index contributed by atoms with van der Waals surface area (Å²) in [6, 6.07) is 10.2. The molecule has 0 bridgehead atoms. The Morgan fingerprint density at radius 1 is 1.31 bits per heavy atom. The van der Waals surface area contributed by atoms with Crippen molar-refractivity contribution in [1.82, 2.24) is 4.98 Å². The minimum absolute atomic E-state index is 0.187. The molecule has 0 unspecified atom stereocenters. The maximum Gasteiger partial charge on any atom is 0.354 e. The van der Waals surface area contributed by atoms with Crippen molar-refractivity contribution in [2.24, 2.45) is 0 Å². The zero-order chi connectivity index (χ0) is 11.5. The van der Waals surface area contributed by atoms with E-state index in [-0.39, 0.29) is 5.75 Å². The number of H-pyrrole nitrogens is 1. The number of carbonyl (C=O) groups is 1. The van der Waals surface area contributed by atoms with Crippen LogP contribution in [0.3, 0.4) is 0 Å². The van der Waals surface area contributed by atoms with Crippen molar-refractivity contribution in [3.05, 3.63) is 42.1 Å². The van der Waals surface area contributed by atoms with Crippen LogP contribution in [0.25, 0.3) is 11.3 Å². The van der Waals surface area contributed by atoms with E-state index in [4.69, 9.17) is 0 Å². The number of carbonyl (C=O) groups excluding carboxylic acids is 1. The molecule has 0 amide bonds. The quantitative estimate of drug-likeness (QED) is 0.758. The predicted octanol–water partition coefficient (Wildman–Crippen LogP) is 2.17. The molecule has 0 spiro atoms. The molecule has 16 heavy (non-hydrogen) atoms. The molecule has 2 aromatic rings. The van der Waals surface area contributed by atoms with Gasteiger partial charge in [-0.05, 0) is 24.3 Å². The Morgan fingerprint density at radius 2 is 2.12 bits per heavy atom. The molecule has 0 aliphatic rings. The normalized spacial score (nSPS) is 10.1. The van der Waals surface area contributed by atoms with Gasteiger partial charge >= 0.3 is 5.97 Å². The molecule has 2 rings (SSSR count). The number of phenols is 1. The molecule has 82 valence electrons. The highest BCUT2D eigenvalue weighted by molar-refractivity contribution is 5.88. The lowest BCUT2D eigenvalue weighted by atomic mass is 10.1. The lowest BCUT2D eigenvalue weighted by Crippen LogP contribution is -2.00. The molecule has 0 atom stereocenters. The summed E-state index contributed by atoms with van der Waals surface area (Å²) in [5.41, 5.74) is 1.97. The lowest BCUT2D eigenvalue weighted by molar-refractivity contribution is 0.0595. The van der Waals surface area contributed by atoms with Gasteiger partial charge < -0.3 is 14.8 Å². The molecule has 0 radical (unpaired) electrons. The van der Waals surface area contributed by atoms with Gasteiger partial charge in [-0.1, -0.05) is 12.1 Å². The molecule has 1 heterocycles. The fraction of sp³-hybridized carbons (Fsp3) is 0.0833. The number of hydrogen-bond acceptors (Lipinski definition) is 3. The number of aromatic hydroxyl groups is 1. The first-order valence-electron chi connectivity index (χ1n) is 4.77. The van der Waals surface area contributed by atoms with Gasteiger partial charge in [0, 0.05) is 11.3 Å². The Hall–Kier alpha value is -2.23. The summed E-state index contributed by atoms with van der Waals surface area (Å²) in [5.74, 6) is -0.224. The lowest BCUT2D eigenvalue weighted by Gasteiger charge is -1.99. The van der Waals surface area contributed by atoms with E-state index in [1.54, 1.807) is 30.3 Å². The SMILES string of the molecule is COC(=O)c1ccc(-c2cccc(O)c2)[nH]1. The molecule has 4 heteroatoms. The number of aromatic nitrogens is 1. The highest BCUT2D eigenvalue weighted by Crippen LogP contribution is 2.22. The van der Waals surface area contributed by atoms with E-state index in [0.29, 0.717) is 5.69 Å². The Labute approximate surface area is 92.5 Å². The van der Waals surface area contributed by atoms with E-state index >= 15 is 0 Å². The van der Waals surface area contributed by atoms with Crippen LogP contribution in [0, 0.1) is 0 Å². The summed E-state index contributed by atoms with van der Waals surface area (Å²) in [7, 11) is 1.33. The van der Waals surface area contributed by atoms with Crippen LogP contribution in [-0.2, 0) is 4.74 Å². The first-order valence-corrected chi connectivity index (χ1v) is 4.77. The standard InChI is InChI=1S/C12H11NO3/c1-16-12(15)11-6-5-10(13-11)8-3-2-4-9(14)7-8/h2-7,13-14H,1H3. The molecule has 0 fully saturated rings. The second kappa shape index (κ2) is 4.10. The van der Waals surface area contributed by atoms with Crippen LogP contribution in [0.2, 0.25) is 0 Å². The fourth-order valence-corrected chi connectivity index (χ4v) is 1.47. The summed E-state index contributed by atoms with van der Waals surface area (Å²) in [6.45, 7) is 0. The fourth-order valence-electron chi connectivity index (χ4n) is 1.47. The minimum Gasteiger partial charge on any atom is -0.508 e. The van der Waals surface area contributed by atoms with Gasteiger partial charge in [0.15, 0.2) is 0 Å².